The highest BCUT2D eigenvalue weighted by atomic mass is 15.3. The van der Waals surface area contributed by atoms with E-state index in [-0.39, 0.29) is 0 Å². The van der Waals surface area contributed by atoms with Gasteiger partial charge in [0.15, 0.2) is 0 Å². The van der Waals surface area contributed by atoms with Gasteiger partial charge >= 0.3 is 0 Å². The number of fused-ring (bicyclic) bond motifs is 1. The summed E-state index contributed by atoms with van der Waals surface area (Å²) in [5.41, 5.74) is 10.00. The van der Waals surface area contributed by atoms with Crippen LogP contribution in [0.15, 0.2) is 18.2 Å². The number of aryl methyl sites for hydroxylation is 1. The number of nitrogens with zero attached hydrogens (tertiary/aromatic N) is 2. The summed E-state index contributed by atoms with van der Waals surface area (Å²) in [6.45, 7) is 7.88. The fourth-order valence-corrected chi connectivity index (χ4v) is 3.80. The minimum atomic E-state index is 0.736. The maximum absolute atomic E-state index is 5.80. The standard InChI is InChI=1S/C17H27N3/c1-14-5-6-17(15(12-14)7-8-18)20-11-3-10-19-9-2-4-16(19)13-20/h5-6,12,16H,2-4,7-11,13,18H2,1H3. The van der Waals surface area contributed by atoms with Crippen LogP contribution in [0.1, 0.15) is 30.4 Å². The quantitative estimate of drug-likeness (QED) is 0.916. The molecule has 0 bridgehead atoms. The van der Waals surface area contributed by atoms with Crippen LogP contribution in [0.25, 0.3) is 0 Å². The SMILES string of the molecule is Cc1ccc(N2CCCN3CCCC3C2)c(CCN)c1. The second kappa shape index (κ2) is 6.15. The summed E-state index contributed by atoms with van der Waals surface area (Å²) in [5.74, 6) is 0. The molecule has 3 rings (SSSR count). The van der Waals surface area contributed by atoms with Crippen LogP contribution >= 0.6 is 0 Å². The minimum Gasteiger partial charge on any atom is -0.370 e. The summed E-state index contributed by atoms with van der Waals surface area (Å²) in [4.78, 5) is 5.30. The van der Waals surface area contributed by atoms with Crippen molar-refractivity contribution in [3.8, 4) is 0 Å². The van der Waals surface area contributed by atoms with Gasteiger partial charge in [0.1, 0.15) is 0 Å². The number of benzene rings is 1. The highest BCUT2D eigenvalue weighted by Crippen LogP contribution is 2.28. The first-order valence-electron chi connectivity index (χ1n) is 8.06. The second-order valence-corrected chi connectivity index (χ2v) is 6.30. The van der Waals surface area contributed by atoms with Crippen LogP contribution in [0.2, 0.25) is 0 Å². The van der Waals surface area contributed by atoms with Gasteiger partial charge in [-0.05, 0) is 57.3 Å². The van der Waals surface area contributed by atoms with Gasteiger partial charge in [-0.1, -0.05) is 17.7 Å². The molecular weight excluding hydrogens is 246 g/mol. The van der Waals surface area contributed by atoms with Crippen molar-refractivity contribution >= 4 is 5.69 Å². The van der Waals surface area contributed by atoms with Gasteiger partial charge < -0.3 is 10.6 Å². The predicted molar refractivity (Wildman–Crippen MR) is 85.4 cm³/mol. The fourth-order valence-electron chi connectivity index (χ4n) is 3.80. The lowest BCUT2D eigenvalue weighted by Gasteiger charge is -2.29. The van der Waals surface area contributed by atoms with Gasteiger partial charge in [-0.3, -0.25) is 4.90 Å². The van der Waals surface area contributed by atoms with E-state index >= 15 is 0 Å². The van der Waals surface area contributed by atoms with Gasteiger partial charge in [0.25, 0.3) is 0 Å². The Balaban J connectivity index is 1.83. The summed E-state index contributed by atoms with van der Waals surface area (Å²) in [6.07, 6.45) is 5.02. The lowest BCUT2D eigenvalue weighted by Crippen LogP contribution is -2.37. The van der Waals surface area contributed by atoms with Crippen molar-refractivity contribution in [1.82, 2.24) is 4.90 Å². The Bertz CT molecular complexity index is 458. The molecule has 0 aromatic heterocycles. The molecule has 2 heterocycles. The van der Waals surface area contributed by atoms with E-state index in [4.69, 9.17) is 5.73 Å². The molecule has 1 atom stereocenters. The summed E-state index contributed by atoms with van der Waals surface area (Å²) in [5, 5.41) is 0. The van der Waals surface area contributed by atoms with E-state index in [1.807, 2.05) is 0 Å². The Labute approximate surface area is 122 Å². The Morgan fingerprint density at radius 3 is 2.90 bits per heavy atom. The molecule has 1 unspecified atom stereocenters. The van der Waals surface area contributed by atoms with E-state index in [1.165, 1.54) is 62.3 Å². The third-order valence-electron chi connectivity index (χ3n) is 4.79. The van der Waals surface area contributed by atoms with E-state index in [0.29, 0.717) is 0 Å². The van der Waals surface area contributed by atoms with E-state index < -0.39 is 0 Å². The van der Waals surface area contributed by atoms with Gasteiger partial charge in [-0.15, -0.1) is 0 Å². The summed E-state index contributed by atoms with van der Waals surface area (Å²) in [6, 6.07) is 7.64. The Morgan fingerprint density at radius 2 is 2.05 bits per heavy atom. The van der Waals surface area contributed by atoms with Gasteiger partial charge in [0, 0.05) is 31.4 Å². The van der Waals surface area contributed by atoms with Crippen molar-refractivity contribution < 1.29 is 0 Å². The molecule has 20 heavy (non-hydrogen) atoms. The minimum absolute atomic E-state index is 0.736. The zero-order chi connectivity index (χ0) is 13.9. The summed E-state index contributed by atoms with van der Waals surface area (Å²) < 4.78 is 0. The molecule has 3 heteroatoms. The summed E-state index contributed by atoms with van der Waals surface area (Å²) >= 11 is 0. The zero-order valence-electron chi connectivity index (χ0n) is 12.6. The zero-order valence-corrected chi connectivity index (χ0v) is 12.6. The molecule has 1 aromatic carbocycles. The molecule has 2 fully saturated rings. The number of nitrogens with two attached hydrogens (primary N) is 1. The molecule has 0 spiro atoms. The molecule has 0 saturated carbocycles. The van der Waals surface area contributed by atoms with Crippen LogP contribution in [-0.2, 0) is 6.42 Å². The largest absolute Gasteiger partial charge is 0.370 e. The predicted octanol–water partition coefficient (Wildman–Crippen LogP) is 2.17. The monoisotopic (exact) mass is 273 g/mol. The maximum atomic E-state index is 5.80. The molecule has 2 N–H and O–H groups in total. The molecule has 110 valence electrons. The third-order valence-corrected chi connectivity index (χ3v) is 4.79. The molecule has 0 aliphatic carbocycles. The van der Waals surface area contributed by atoms with Gasteiger partial charge in [-0.25, -0.2) is 0 Å². The molecule has 1 aromatic rings. The van der Waals surface area contributed by atoms with Crippen molar-refractivity contribution in [3.05, 3.63) is 29.3 Å². The molecule has 2 aliphatic rings. The number of rotatable bonds is 3. The smallest absolute Gasteiger partial charge is 0.0399 e. The molecule has 2 aliphatic heterocycles. The maximum Gasteiger partial charge on any atom is 0.0399 e. The summed E-state index contributed by atoms with van der Waals surface area (Å²) in [7, 11) is 0. The van der Waals surface area contributed by atoms with E-state index in [1.54, 1.807) is 0 Å². The van der Waals surface area contributed by atoms with Crippen molar-refractivity contribution in [3.63, 3.8) is 0 Å². The lowest BCUT2D eigenvalue weighted by molar-refractivity contribution is 0.273. The number of anilines is 1. The van der Waals surface area contributed by atoms with Crippen LogP contribution in [0.3, 0.4) is 0 Å². The van der Waals surface area contributed by atoms with Crippen LogP contribution < -0.4 is 10.6 Å². The van der Waals surface area contributed by atoms with Crippen molar-refractivity contribution in [2.45, 2.75) is 38.6 Å². The van der Waals surface area contributed by atoms with Crippen LogP contribution in [0.5, 0.6) is 0 Å². The molecule has 0 radical (unpaired) electrons. The Morgan fingerprint density at radius 1 is 1.20 bits per heavy atom. The first kappa shape index (κ1) is 13.9. The normalized spacial score (nSPS) is 23.7. The first-order chi connectivity index (χ1) is 9.78. The van der Waals surface area contributed by atoms with Crippen molar-refractivity contribution in [2.24, 2.45) is 5.73 Å². The van der Waals surface area contributed by atoms with Crippen LogP contribution in [-0.4, -0.2) is 43.7 Å². The average Bonchev–Trinajstić information content (AvgIpc) is 2.77. The van der Waals surface area contributed by atoms with Crippen molar-refractivity contribution in [2.75, 3.05) is 37.6 Å². The molecule has 3 nitrogen and oxygen atoms in total. The topological polar surface area (TPSA) is 32.5 Å². The van der Waals surface area contributed by atoms with Crippen molar-refractivity contribution in [1.29, 1.82) is 0 Å². The van der Waals surface area contributed by atoms with Gasteiger partial charge in [-0.2, -0.15) is 0 Å². The Kier molecular flexibility index (Phi) is 4.27. The second-order valence-electron chi connectivity index (χ2n) is 6.30. The number of hydrogen-bond acceptors (Lipinski definition) is 3. The first-order valence-corrected chi connectivity index (χ1v) is 8.06. The highest BCUT2D eigenvalue weighted by molar-refractivity contribution is 5.55. The van der Waals surface area contributed by atoms with E-state index in [0.717, 1.165) is 19.0 Å². The Hall–Kier alpha value is -1.06. The van der Waals surface area contributed by atoms with E-state index in [9.17, 15) is 0 Å². The lowest BCUT2D eigenvalue weighted by atomic mass is 10.0. The highest BCUT2D eigenvalue weighted by Gasteiger charge is 2.29. The van der Waals surface area contributed by atoms with Gasteiger partial charge in [0.2, 0.25) is 0 Å². The van der Waals surface area contributed by atoms with Crippen LogP contribution in [0.4, 0.5) is 5.69 Å². The van der Waals surface area contributed by atoms with Gasteiger partial charge in [0.05, 0.1) is 0 Å². The molecular formula is C17H27N3. The average molecular weight is 273 g/mol. The number of hydrogen-bond donors (Lipinski definition) is 1. The third kappa shape index (κ3) is 2.84. The fraction of sp³-hybridized carbons (Fsp3) is 0.647. The van der Waals surface area contributed by atoms with Crippen LogP contribution in [0, 0.1) is 6.92 Å². The molecule has 2 saturated heterocycles. The molecule has 0 amide bonds. The van der Waals surface area contributed by atoms with E-state index in [2.05, 4.69) is 34.9 Å².